The maximum absolute atomic E-state index is 13.3. The van der Waals surface area contributed by atoms with Crippen LogP contribution in [0.2, 0.25) is 0 Å². The van der Waals surface area contributed by atoms with Crippen LogP contribution in [0.25, 0.3) is 0 Å². The van der Waals surface area contributed by atoms with Gasteiger partial charge in [0.1, 0.15) is 12.5 Å². The Morgan fingerprint density at radius 2 is 1.81 bits per heavy atom. The van der Waals surface area contributed by atoms with Gasteiger partial charge in [-0.3, -0.25) is 20.3 Å². The summed E-state index contributed by atoms with van der Waals surface area (Å²) >= 11 is 1.91. The number of nitrogens with zero attached hydrogens (tertiary/aromatic N) is 2. The highest BCUT2D eigenvalue weighted by molar-refractivity contribution is 7.98. The van der Waals surface area contributed by atoms with Crippen LogP contribution in [0.5, 0.6) is 0 Å². The van der Waals surface area contributed by atoms with Gasteiger partial charge in [-0.05, 0) is 55.7 Å². The van der Waals surface area contributed by atoms with Crippen molar-refractivity contribution in [1.82, 2.24) is 25.2 Å². The quantitative estimate of drug-likeness (QED) is 0.477. The van der Waals surface area contributed by atoms with Gasteiger partial charge in [-0.2, -0.15) is 0 Å². The third-order valence-electron chi connectivity index (χ3n) is 8.52. The van der Waals surface area contributed by atoms with Crippen molar-refractivity contribution in [2.45, 2.75) is 96.6 Å². The Morgan fingerprint density at radius 3 is 2.57 bits per heavy atom. The third-order valence-corrected chi connectivity index (χ3v) is 9.66. The van der Waals surface area contributed by atoms with Crippen LogP contribution in [0.1, 0.15) is 75.6 Å². The second kappa shape index (κ2) is 11.5. The molecule has 3 saturated heterocycles. The third kappa shape index (κ3) is 6.71. The summed E-state index contributed by atoms with van der Waals surface area (Å²) in [6.07, 6.45) is 5.83. The summed E-state index contributed by atoms with van der Waals surface area (Å²) < 4.78 is 10.6. The van der Waals surface area contributed by atoms with Crippen LogP contribution < -0.4 is 15.4 Å². The van der Waals surface area contributed by atoms with Crippen molar-refractivity contribution in [2.75, 3.05) is 32.7 Å². The topological polar surface area (TPSA) is 68.9 Å². The van der Waals surface area contributed by atoms with E-state index in [9.17, 15) is 4.79 Å². The van der Waals surface area contributed by atoms with Crippen molar-refractivity contribution in [3.8, 4) is 0 Å². The van der Waals surface area contributed by atoms with Crippen LogP contribution in [0, 0.1) is 25.2 Å². The van der Waals surface area contributed by atoms with E-state index in [1.165, 1.54) is 42.4 Å². The molecular formula is C29H47N5O2S. The Labute approximate surface area is 228 Å². The fourth-order valence-electron chi connectivity index (χ4n) is 6.75. The van der Waals surface area contributed by atoms with Gasteiger partial charge in [-0.1, -0.05) is 57.3 Å². The van der Waals surface area contributed by atoms with E-state index in [0.29, 0.717) is 17.7 Å². The first-order valence-electron chi connectivity index (χ1n) is 14.3. The summed E-state index contributed by atoms with van der Waals surface area (Å²) in [5, 5.41) is 8.19. The van der Waals surface area contributed by atoms with E-state index < -0.39 is 0 Å². The number of ether oxygens (including phenoxy) is 1. The molecule has 0 radical (unpaired) electrons. The zero-order valence-electron chi connectivity index (χ0n) is 23.4. The van der Waals surface area contributed by atoms with Crippen molar-refractivity contribution >= 4 is 17.9 Å². The van der Waals surface area contributed by atoms with E-state index >= 15 is 0 Å². The van der Waals surface area contributed by atoms with E-state index in [4.69, 9.17) is 4.74 Å². The number of nitrogens with one attached hydrogen (secondary N) is 3. The van der Waals surface area contributed by atoms with Gasteiger partial charge in [0.25, 0.3) is 0 Å². The van der Waals surface area contributed by atoms with Crippen LogP contribution in [-0.2, 0) is 9.53 Å². The van der Waals surface area contributed by atoms with Crippen molar-refractivity contribution in [3.05, 3.63) is 34.9 Å². The van der Waals surface area contributed by atoms with Crippen LogP contribution in [0.3, 0.4) is 0 Å². The fraction of sp³-hybridized carbons (Fsp3) is 0.759. The van der Waals surface area contributed by atoms with E-state index in [1.54, 1.807) is 0 Å². The van der Waals surface area contributed by atoms with Gasteiger partial charge in [-0.25, -0.2) is 4.72 Å². The monoisotopic (exact) mass is 529 g/mol. The zero-order chi connectivity index (χ0) is 26.2. The average molecular weight is 530 g/mol. The largest absolute Gasteiger partial charge is 0.357 e. The van der Waals surface area contributed by atoms with Crippen molar-refractivity contribution < 1.29 is 9.53 Å². The number of hydrogen-bond acceptors (Lipinski definition) is 7. The summed E-state index contributed by atoms with van der Waals surface area (Å²) in [7, 11) is 0. The molecule has 1 amide bonds. The Bertz CT molecular complexity index is 932. The van der Waals surface area contributed by atoms with Gasteiger partial charge in [-0.15, -0.1) is 0 Å². The standard InChI is InChI=1S/C29H47N5O2S/c1-19-8-6-9-20(2)26(19)24-15-25-31-28(30-24)32-37-23-11-7-10-21(14-23)16-33-12-13-34(18-22(17-33)36-25)27(35)29(3,4)5/h6,8-9,21-25,28,30-32H,7,10-18H2,1-5H3/t21?,22-,23?,24?,25?,28?/m1/s1. The number of carbonyl (C=O) groups excluding carboxylic acids is 1. The molecule has 3 N–H and O–H groups in total. The molecule has 7 nitrogen and oxygen atoms in total. The molecule has 4 fully saturated rings. The zero-order valence-corrected chi connectivity index (χ0v) is 24.2. The van der Waals surface area contributed by atoms with Crippen LogP contribution in [-0.4, -0.2) is 72.3 Å². The normalized spacial score (nSPS) is 35.5. The van der Waals surface area contributed by atoms with Crippen molar-refractivity contribution in [2.24, 2.45) is 11.3 Å². The molecule has 3 heterocycles. The Morgan fingerprint density at radius 1 is 1.03 bits per heavy atom. The van der Waals surface area contributed by atoms with E-state index in [1.807, 2.05) is 32.7 Å². The first-order chi connectivity index (χ1) is 17.7. The highest BCUT2D eigenvalue weighted by Crippen LogP contribution is 2.34. The molecule has 1 aromatic carbocycles. The van der Waals surface area contributed by atoms with E-state index in [0.717, 1.165) is 32.6 Å². The molecule has 0 spiro atoms. The smallest absolute Gasteiger partial charge is 0.228 e. The van der Waals surface area contributed by atoms with Gasteiger partial charge in [0.05, 0.1) is 6.10 Å². The Kier molecular flexibility index (Phi) is 8.54. The summed E-state index contributed by atoms with van der Waals surface area (Å²) in [4.78, 5) is 18.0. The predicted octanol–water partition coefficient (Wildman–Crippen LogP) is 3.92. The van der Waals surface area contributed by atoms with Gasteiger partial charge in [0.2, 0.25) is 5.91 Å². The molecule has 37 heavy (non-hydrogen) atoms. The first kappa shape index (κ1) is 27.4. The molecule has 8 heteroatoms. The fourth-order valence-corrected chi connectivity index (χ4v) is 7.87. The number of benzene rings is 1. The van der Waals surface area contributed by atoms with Crippen molar-refractivity contribution in [3.63, 3.8) is 0 Å². The highest BCUT2D eigenvalue weighted by atomic mass is 32.2. The van der Waals surface area contributed by atoms with Gasteiger partial charge in [0, 0.05) is 55.9 Å². The number of fused-ring (bicyclic) bond motifs is 6. The number of hydrogen-bond donors (Lipinski definition) is 3. The van der Waals surface area contributed by atoms with Crippen LogP contribution >= 0.6 is 11.9 Å². The minimum Gasteiger partial charge on any atom is -0.357 e. The van der Waals surface area contributed by atoms with Gasteiger partial charge < -0.3 is 9.64 Å². The number of rotatable bonds is 1. The van der Waals surface area contributed by atoms with Crippen LogP contribution in [0.4, 0.5) is 0 Å². The maximum Gasteiger partial charge on any atom is 0.228 e. The Hall–Kier alpha value is -1.16. The molecule has 5 rings (SSSR count). The molecule has 3 aliphatic heterocycles. The second-order valence-corrected chi connectivity index (χ2v) is 13.9. The molecule has 7 atom stereocenters. The Balaban J connectivity index is 1.42. The molecule has 206 valence electrons. The highest BCUT2D eigenvalue weighted by Gasteiger charge is 2.37. The first-order valence-corrected chi connectivity index (χ1v) is 15.2. The van der Waals surface area contributed by atoms with Crippen molar-refractivity contribution in [1.29, 1.82) is 0 Å². The molecular weight excluding hydrogens is 482 g/mol. The van der Waals surface area contributed by atoms with Gasteiger partial charge >= 0.3 is 0 Å². The second-order valence-electron chi connectivity index (χ2n) is 12.8. The minimum atomic E-state index is -0.385. The molecule has 0 aromatic heterocycles. The number of carbonyl (C=O) groups is 1. The molecule has 6 bridgehead atoms. The number of amides is 1. The lowest BCUT2D eigenvalue weighted by Crippen LogP contribution is -2.62. The summed E-state index contributed by atoms with van der Waals surface area (Å²) in [5.74, 6) is 0.936. The SMILES string of the molecule is Cc1cccc(C)c1C1CC2NC(NSC3CCCC(C3)CN3CCN(C(=O)C(C)(C)C)C[C@@H](C3)O2)N1. The lowest BCUT2D eigenvalue weighted by molar-refractivity contribution is -0.142. The van der Waals surface area contributed by atoms with E-state index in [2.05, 4.69) is 57.2 Å². The number of aryl methyl sites for hydroxylation is 2. The minimum absolute atomic E-state index is 0.0172. The molecule has 1 aromatic rings. The lowest BCUT2D eigenvalue weighted by Gasteiger charge is -2.41. The summed E-state index contributed by atoms with van der Waals surface area (Å²) in [5.41, 5.74) is 3.63. The molecule has 1 saturated carbocycles. The molecule has 1 aliphatic carbocycles. The maximum atomic E-state index is 13.3. The lowest BCUT2D eigenvalue weighted by atomic mass is 9.88. The summed E-state index contributed by atoms with van der Waals surface area (Å²) in [6, 6.07) is 6.76. The average Bonchev–Trinajstić information content (AvgIpc) is 3.03. The predicted molar refractivity (Wildman–Crippen MR) is 151 cm³/mol. The molecule has 4 aliphatic rings. The summed E-state index contributed by atoms with van der Waals surface area (Å²) in [6.45, 7) is 14.9. The molecule has 6 unspecified atom stereocenters. The van der Waals surface area contributed by atoms with E-state index in [-0.39, 0.29) is 36.0 Å². The van der Waals surface area contributed by atoms with Gasteiger partial charge in [0.15, 0.2) is 0 Å². The van der Waals surface area contributed by atoms with Crippen LogP contribution in [0.15, 0.2) is 18.2 Å².